The Morgan fingerprint density at radius 2 is 2.20 bits per heavy atom. The topological polar surface area (TPSA) is 41.6 Å². The van der Waals surface area contributed by atoms with E-state index in [4.69, 9.17) is 4.74 Å². The second-order valence-electron chi connectivity index (χ2n) is 4.73. The molecule has 1 aromatic rings. The molecule has 0 aromatic heterocycles. The maximum absolute atomic E-state index is 12.2. The number of nitrogens with one attached hydrogen (secondary N) is 1. The molecule has 0 unspecified atom stereocenters. The Labute approximate surface area is 120 Å². The molecule has 2 rings (SSSR count). The van der Waals surface area contributed by atoms with Gasteiger partial charge in [0.15, 0.2) is 0 Å². The van der Waals surface area contributed by atoms with Crippen LogP contribution in [0, 0.1) is 0 Å². The third-order valence-corrected chi connectivity index (χ3v) is 3.28. The van der Waals surface area contributed by atoms with Gasteiger partial charge in [0, 0.05) is 31.3 Å². The second-order valence-corrected chi connectivity index (χ2v) is 4.73. The summed E-state index contributed by atoms with van der Waals surface area (Å²) < 4.78 is 5.55. The minimum atomic E-state index is 0.0694. The van der Waals surface area contributed by atoms with Crippen LogP contribution < -0.4 is 10.1 Å². The highest BCUT2D eigenvalue weighted by molar-refractivity contribution is 5.92. The first-order valence-corrected chi connectivity index (χ1v) is 7.21. The summed E-state index contributed by atoms with van der Waals surface area (Å²) >= 11 is 0. The average Bonchev–Trinajstić information content (AvgIpc) is 2.75. The van der Waals surface area contributed by atoms with Gasteiger partial charge in [0.2, 0.25) is 5.91 Å². The molecule has 0 bridgehead atoms. The molecule has 4 nitrogen and oxygen atoms in total. The first kappa shape index (κ1) is 14.6. The smallest absolute Gasteiger partial charge is 0.246 e. The first-order valence-electron chi connectivity index (χ1n) is 7.21. The van der Waals surface area contributed by atoms with Gasteiger partial charge >= 0.3 is 0 Å². The zero-order valence-corrected chi connectivity index (χ0v) is 12.0. The van der Waals surface area contributed by atoms with E-state index < -0.39 is 0 Å². The summed E-state index contributed by atoms with van der Waals surface area (Å²) in [5.41, 5.74) is 0.940. The number of ether oxygens (including phenoxy) is 1. The zero-order chi connectivity index (χ0) is 14.2. The Kier molecular flexibility index (Phi) is 5.62. The molecule has 20 heavy (non-hydrogen) atoms. The second kappa shape index (κ2) is 7.70. The van der Waals surface area contributed by atoms with E-state index >= 15 is 0 Å². The lowest BCUT2D eigenvalue weighted by atomic mass is 10.2. The highest BCUT2D eigenvalue weighted by atomic mass is 16.5. The van der Waals surface area contributed by atoms with E-state index in [1.165, 1.54) is 0 Å². The lowest BCUT2D eigenvalue weighted by Gasteiger charge is -2.17. The van der Waals surface area contributed by atoms with Crippen molar-refractivity contribution in [2.24, 2.45) is 0 Å². The number of hydrogen-bond donors (Lipinski definition) is 1. The highest BCUT2D eigenvalue weighted by Gasteiger charge is 2.12. The average molecular weight is 274 g/mol. The Morgan fingerprint density at radius 1 is 1.35 bits per heavy atom. The summed E-state index contributed by atoms with van der Waals surface area (Å²) in [6.45, 7) is 6.03. The van der Waals surface area contributed by atoms with Crippen LogP contribution in [-0.2, 0) is 4.79 Å². The highest BCUT2D eigenvalue weighted by Crippen LogP contribution is 2.19. The maximum atomic E-state index is 12.2. The summed E-state index contributed by atoms with van der Waals surface area (Å²) in [5, 5.41) is 3.29. The number of carbonyl (C=O) groups is 1. The monoisotopic (exact) mass is 274 g/mol. The van der Waals surface area contributed by atoms with Gasteiger partial charge in [-0.3, -0.25) is 4.79 Å². The van der Waals surface area contributed by atoms with Crippen LogP contribution in [0.3, 0.4) is 0 Å². The fourth-order valence-corrected chi connectivity index (χ4v) is 2.24. The predicted molar refractivity (Wildman–Crippen MR) is 80.7 cm³/mol. The van der Waals surface area contributed by atoms with Crippen LogP contribution in [0.2, 0.25) is 0 Å². The summed E-state index contributed by atoms with van der Waals surface area (Å²) in [6, 6.07) is 7.76. The van der Waals surface area contributed by atoms with Crippen LogP contribution in [0.4, 0.5) is 0 Å². The third-order valence-electron chi connectivity index (χ3n) is 3.28. The Balaban J connectivity index is 2.02. The number of amides is 1. The lowest BCUT2D eigenvalue weighted by molar-refractivity contribution is -0.125. The van der Waals surface area contributed by atoms with Crippen molar-refractivity contribution in [2.45, 2.75) is 13.3 Å². The molecule has 0 saturated carbocycles. The zero-order valence-electron chi connectivity index (χ0n) is 12.0. The Hall–Kier alpha value is -1.81. The quantitative estimate of drug-likeness (QED) is 0.853. The van der Waals surface area contributed by atoms with Gasteiger partial charge in [-0.2, -0.15) is 0 Å². The lowest BCUT2D eigenvalue weighted by Crippen LogP contribution is -2.32. The van der Waals surface area contributed by atoms with E-state index in [-0.39, 0.29) is 5.91 Å². The van der Waals surface area contributed by atoms with Gasteiger partial charge < -0.3 is 15.0 Å². The van der Waals surface area contributed by atoms with Crippen molar-refractivity contribution in [1.82, 2.24) is 10.2 Å². The van der Waals surface area contributed by atoms with E-state index in [0.29, 0.717) is 6.61 Å². The number of para-hydroxylation sites is 1. The summed E-state index contributed by atoms with van der Waals surface area (Å²) in [7, 11) is 0. The van der Waals surface area contributed by atoms with E-state index in [1.54, 1.807) is 6.08 Å². The molecule has 1 amide bonds. The van der Waals surface area contributed by atoms with Crippen molar-refractivity contribution < 1.29 is 9.53 Å². The molecule has 1 fully saturated rings. The Morgan fingerprint density at radius 3 is 3.05 bits per heavy atom. The number of nitrogens with zero attached hydrogens (tertiary/aromatic N) is 1. The molecule has 0 atom stereocenters. The van der Waals surface area contributed by atoms with E-state index in [2.05, 4.69) is 5.32 Å². The van der Waals surface area contributed by atoms with E-state index in [1.807, 2.05) is 42.2 Å². The van der Waals surface area contributed by atoms with Crippen LogP contribution in [0.15, 0.2) is 30.3 Å². The molecule has 108 valence electrons. The van der Waals surface area contributed by atoms with Crippen molar-refractivity contribution in [3.63, 3.8) is 0 Å². The van der Waals surface area contributed by atoms with Crippen LogP contribution in [-0.4, -0.2) is 43.6 Å². The van der Waals surface area contributed by atoms with Gasteiger partial charge in [-0.1, -0.05) is 18.2 Å². The van der Waals surface area contributed by atoms with E-state index in [0.717, 1.165) is 43.9 Å². The molecule has 0 spiro atoms. The molecular formula is C16H22N2O2. The number of rotatable bonds is 4. The SMILES string of the molecule is CCOc1ccccc1C=CC(=O)N1CCCNCC1. The molecular weight excluding hydrogens is 252 g/mol. The van der Waals surface area contributed by atoms with Gasteiger partial charge in [-0.05, 0) is 32.0 Å². The normalized spacial score (nSPS) is 16.1. The summed E-state index contributed by atoms with van der Waals surface area (Å²) in [6.07, 6.45) is 4.49. The van der Waals surface area contributed by atoms with Gasteiger partial charge in [-0.15, -0.1) is 0 Å². The summed E-state index contributed by atoms with van der Waals surface area (Å²) in [4.78, 5) is 14.1. The van der Waals surface area contributed by atoms with Crippen molar-refractivity contribution >= 4 is 12.0 Å². The molecule has 0 radical (unpaired) electrons. The molecule has 1 aliphatic heterocycles. The van der Waals surface area contributed by atoms with Crippen molar-refractivity contribution in [3.05, 3.63) is 35.9 Å². The maximum Gasteiger partial charge on any atom is 0.246 e. The number of benzene rings is 1. The molecule has 0 aliphatic carbocycles. The molecule has 1 aliphatic rings. The van der Waals surface area contributed by atoms with Crippen molar-refractivity contribution in [2.75, 3.05) is 32.8 Å². The molecule has 1 heterocycles. The van der Waals surface area contributed by atoms with Gasteiger partial charge in [0.25, 0.3) is 0 Å². The minimum absolute atomic E-state index is 0.0694. The van der Waals surface area contributed by atoms with Gasteiger partial charge in [0.1, 0.15) is 5.75 Å². The predicted octanol–water partition coefficient (Wildman–Crippen LogP) is 1.92. The van der Waals surface area contributed by atoms with E-state index in [9.17, 15) is 4.79 Å². The molecule has 1 saturated heterocycles. The van der Waals surface area contributed by atoms with Gasteiger partial charge in [-0.25, -0.2) is 0 Å². The molecule has 1 aromatic carbocycles. The van der Waals surface area contributed by atoms with Crippen LogP contribution in [0.25, 0.3) is 6.08 Å². The molecule has 1 N–H and O–H groups in total. The number of hydrogen-bond acceptors (Lipinski definition) is 3. The Bertz CT molecular complexity index is 463. The standard InChI is InChI=1S/C16H22N2O2/c1-2-20-15-7-4-3-6-14(15)8-9-16(19)18-12-5-10-17-11-13-18/h3-4,6-9,17H,2,5,10-13H2,1H3. The van der Waals surface area contributed by atoms with Crippen LogP contribution >= 0.6 is 0 Å². The molecule has 4 heteroatoms. The van der Waals surface area contributed by atoms with Crippen LogP contribution in [0.1, 0.15) is 18.9 Å². The fraction of sp³-hybridized carbons (Fsp3) is 0.438. The first-order chi connectivity index (χ1) is 9.81. The fourth-order valence-electron chi connectivity index (χ4n) is 2.24. The largest absolute Gasteiger partial charge is 0.493 e. The van der Waals surface area contributed by atoms with Crippen LogP contribution in [0.5, 0.6) is 5.75 Å². The third kappa shape index (κ3) is 4.10. The number of carbonyl (C=O) groups excluding carboxylic acids is 1. The van der Waals surface area contributed by atoms with Crippen molar-refractivity contribution in [1.29, 1.82) is 0 Å². The van der Waals surface area contributed by atoms with Gasteiger partial charge in [0.05, 0.1) is 6.61 Å². The van der Waals surface area contributed by atoms with Crippen molar-refractivity contribution in [3.8, 4) is 5.75 Å². The minimum Gasteiger partial charge on any atom is -0.493 e. The summed E-state index contributed by atoms with van der Waals surface area (Å²) in [5.74, 6) is 0.886.